The molecule has 0 spiro atoms. The third-order valence-electron chi connectivity index (χ3n) is 11.2. The summed E-state index contributed by atoms with van der Waals surface area (Å²) >= 11 is 0. The topological polar surface area (TPSA) is 51.0 Å². The molecule has 2 N–H and O–H groups in total. The third-order valence-corrected chi connectivity index (χ3v) is 11.2. The van der Waals surface area contributed by atoms with Crippen molar-refractivity contribution < 1.29 is 9.68 Å². The highest BCUT2D eigenvalue weighted by Crippen LogP contribution is 2.46. The van der Waals surface area contributed by atoms with E-state index in [9.17, 15) is 0 Å². The first-order valence-electron chi connectivity index (χ1n) is 17.9. The molecule has 0 aromatic carbocycles. The number of nitrogens with zero attached hydrogens (tertiary/aromatic N) is 2. The van der Waals surface area contributed by atoms with Gasteiger partial charge in [0.05, 0.1) is 12.2 Å². The molecule has 0 bridgehead atoms. The SMILES string of the molecule is CC1(C)CC(CCCCCC(N)C2CC(C)(C)N(OC3CCCCC3)C(C)(C)C2)CC(C)(C)N1OC1CCCCC1. The molecule has 4 aliphatic rings. The summed E-state index contributed by atoms with van der Waals surface area (Å²) in [6.45, 7) is 19.2. The average molecular weight is 576 g/mol. The second kappa shape index (κ2) is 13.8. The number of unbranched alkanes of at least 4 members (excludes halogenated alkanes) is 2. The van der Waals surface area contributed by atoms with Gasteiger partial charge in [-0.25, -0.2) is 0 Å². The molecule has 2 aliphatic heterocycles. The molecule has 1 unspecified atom stereocenters. The maximum absolute atomic E-state index is 6.93. The standard InChI is InChI=1S/C36H69N3O2/c1-33(2)24-28(25-34(3,4)38(33)40-30-19-13-10-14-20-30)18-12-9-17-23-32(37)29-26-35(5,6)39(36(7,8)27-29)41-31-21-15-11-16-22-31/h28-32H,9-27,37H2,1-8H3. The lowest BCUT2D eigenvalue weighted by atomic mass is 9.71. The van der Waals surface area contributed by atoms with Crippen LogP contribution in [-0.4, -0.2) is 50.5 Å². The molecule has 0 aromatic heterocycles. The Labute approximate surface area is 254 Å². The maximum atomic E-state index is 6.93. The van der Waals surface area contributed by atoms with Crippen molar-refractivity contribution in [3.63, 3.8) is 0 Å². The zero-order valence-electron chi connectivity index (χ0n) is 28.6. The first-order chi connectivity index (χ1) is 19.2. The number of hydroxylamine groups is 4. The molecule has 0 radical (unpaired) electrons. The molecule has 5 nitrogen and oxygen atoms in total. The lowest BCUT2D eigenvalue weighted by Gasteiger charge is -2.56. The molecule has 2 saturated carbocycles. The van der Waals surface area contributed by atoms with Crippen molar-refractivity contribution in [1.29, 1.82) is 0 Å². The first-order valence-corrected chi connectivity index (χ1v) is 17.9. The van der Waals surface area contributed by atoms with Gasteiger partial charge in [-0.15, -0.1) is 0 Å². The van der Waals surface area contributed by atoms with Crippen LogP contribution in [0.25, 0.3) is 0 Å². The second-order valence-corrected chi connectivity index (χ2v) is 17.3. The molecule has 0 amide bonds. The van der Waals surface area contributed by atoms with E-state index >= 15 is 0 Å². The molecule has 240 valence electrons. The number of piperidine rings is 2. The maximum Gasteiger partial charge on any atom is 0.0793 e. The van der Waals surface area contributed by atoms with Crippen LogP contribution in [0.2, 0.25) is 0 Å². The Morgan fingerprint density at radius 1 is 0.585 bits per heavy atom. The largest absolute Gasteiger partial charge is 0.327 e. The van der Waals surface area contributed by atoms with E-state index in [2.05, 4.69) is 65.5 Å². The van der Waals surface area contributed by atoms with Gasteiger partial charge in [0.15, 0.2) is 0 Å². The van der Waals surface area contributed by atoms with Gasteiger partial charge < -0.3 is 5.73 Å². The quantitative estimate of drug-likeness (QED) is 0.249. The van der Waals surface area contributed by atoms with Crippen molar-refractivity contribution >= 4 is 0 Å². The van der Waals surface area contributed by atoms with Crippen molar-refractivity contribution in [3.05, 3.63) is 0 Å². The van der Waals surface area contributed by atoms with Gasteiger partial charge in [0.25, 0.3) is 0 Å². The van der Waals surface area contributed by atoms with Crippen LogP contribution in [0.5, 0.6) is 0 Å². The predicted molar refractivity (Wildman–Crippen MR) is 172 cm³/mol. The van der Waals surface area contributed by atoms with Gasteiger partial charge in [-0.3, -0.25) is 9.68 Å². The zero-order chi connectivity index (χ0) is 29.9. The lowest BCUT2D eigenvalue weighted by Crippen LogP contribution is -2.63. The van der Waals surface area contributed by atoms with Gasteiger partial charge in [-0.05, 0) is 125 Å². The van der Waals surface area contributed by atoms with E-state index in [0.29, 0.717) is 24.2 Å². The van der Waals surface area contributed by atoms with E-state index in [-0.39, 0.29) is 22.2 Å². The van der Waals surface area contributed by atoms with Crippen molar-refractivity contribution in [2.75, 3.05) is 0 Å². The molecule has 5 heteroatoms. The highest BCUT2D eigenvalue weighted by Gasteiger charge is 2.49. The summed E-state index contributed by atoms with van der Waals surface area (Å²) in [5.74, 6) is 1.36. The highest BCUT2D eigenvalue weighted by molar-refractivity contribution is 5.00. The molecule has 41 heavy (non-hydrogen) atoms. The fourth-order valence-electron chi connectivity index (χ4n) is 9.75. The van der Waals surface area contributed by atoms with E-state index in [1.54, 1.807) is 0 Å². The van der Waals surface area contributed by atoms with Crippen molar-refractivity contribution in [1.82, 2.24) is 10.1 Å². The molecule has 2 aliphatic carbocycles. The molecule has 0 aromatic rings. The van der Waals surface area contributed by atoms with Crippen LogP contribution < -0.4 is 5.73 Å². The number of rotatable bonds is 11. The minimum Gasteiger partial charge on any atom is -0.327 e. The third kappa shape index (κ3) is 8.93. The summed E-state index contributed by atoms with van der Waals surface area (Å²) in [5.41, 5.74) is 7.18. The van der Waals surface area contributed by atoms with Gasteiger partial charge in [-0.2, -0.15) is 10.1 Å². The Kier molecular flexibility index (Phi) is 11.4. The second-order valence-electron chi connectivity index (χ2n) is 17.3. The number of nitrogens with two attached hydrogens (primary N) is 1. The minimum absolute atomic E-state index is 0.0245. The van der Waals surface area contributed by atoms with Crippen LogP contribution in [-0.2, 0) is 9.68 Å². The summed E-state index contributed by atoms with van der Waals surface area (Å²) in [7, 11) is 0. The molecule has 2 heterocycles. The summed E-state index contributed by atoms with van der Waals surface area (Å²) in [6.07, 6.45) is 24.9. The van der Waals surface area contributed by atoms with Crippen LogP contribution in [0.15, 0.2) is 0 Å². The summed E-state index contributed by atoms with van der Waals surface area (Å²) < 4.78 is 0. The predicted octanol–water partition coefficient (Wildman–Crippen LogP) is 9.33. The van der Waals surface area contributed by atoms with Crippen molar-refractivity contribution in [2.45, 2.75) is 218 Å². The Morgan fingerprint density at radius 2 is 1.00 bits per heavy atom. The molecule has 4 rings (SSSR count). The minimum atomic E-state index is 0.0245. The monoisotopic (exact) mass is 576 g/mol. The van der Waals surface area contributed by atoms with Gasteiger partial charge in [-0.1, -0.05) is 64.2 Å². The van der Waals surface area contributed by atoms with Crippen LogP contribution >= 0.6 is 0 Å². The van der Waals surface area contributed by atoms with Crippen LogP contribution in [0.1, 0.15) is 177 Å². The summed E-state index contributed by atoms with van der Waals surface area (Å²) in [6, 6.07) is 0.295. The Morgan fingerprint density at radius 3 is 1.44 bits per heavy atom. The Bertz CT molecular complexity index is 761. The van der Waals surface area contributed by atoms with Gasteiger partial charge in [0, 0.05) is 28.2 Å². The smallest absolute Gasteiger partial charge is 0.0793 e. The van der Waals surface area contributed by atoms with Gasteiger partial charge in [0.1, 0.15) is 0 Å². The molecular weight excluding hydrogens is 506 g/mol. The number of hydrogen-bond acceptors (Lipinski definition) is 5. The highest BCUT2D eigenvalue weighted by atomic mass is 16.7. The molecular formula is C36H69N3O2. The zero-order valence-corrected chi connectivity index (χ0v) is 28.6. The Hall–Kier alpha value is -0.200. The van der Waals surface area contributed by atoms with Crippen molar-refractivity contribution in [3.8, 4) is 0 Å². The van der Waals surface area contributed by atoms with Gasteiger partial charge in [0.2, 0.25) is 0 Å². The van der Waals surface area contributed by atoms with E-state index < -0.39 is 0 Å². The van der Waals surface area contributed by atoms with E-state index in [0.717, 1.165) is 25.2 Å². The van der Waals surface area contributed by atoms with Crippen LogP contribution in [0.4, 0.5) is 0 Å². The fraction of sp³-hybridized carbons (Fsp3) is 1.00. The lowest BCUT2D eigenvalue weighted by molar-refractivity contribution is -0.314. The Balaban J connectivity index is 1.19. The summed E-state index contributed by atoms with van der Waals surface area (Å²) in [4.78, 5) is 13.4. The first kappa shape index (κ1) is 33.7. The fourth-order valence-corrected chi connectivity index (χ4v) is 9.75. The molecule has 4 fully saturated rings. The normalized spacial score (nSPS) is 29.5. The van der Waals surface area contributed by atoms with Crippen LogP contribution in [0, 0.1) is 11.8 Å². The van der Waals surface area contributed by atoms with Gasteiger partial charge >= 0.3 is 0 Å². The molecule has 2 saturated heterocycles. The van der Waals surface area contributed by atoms with E-state index in [4.69, 9.17) is 15.4 Å². The average Bonchev–Trinajstić information content (AvgIpc) is 2.88. The van der Waals surface area contributed by atoms with E-state index in [1.807, 2.05) is 0 Å². The molecule has 1 atom stereocenters. The van der Waals surface area contributed by atoms with E-state index in [1.165, 1.54) is 103 Å². The van der Waals surface area contributed by atoms with Crippen LogP contribution in [0.3, 0.4) is 0 Å². The number of hydrogen-bond donors (Lipinski definition) is 1. The van der Waals surface area contributed by atoms with Crippen molar-refractivity contribution in [2.24, 2.45) is 17.6 Å². The summed E-state index contributed by atoms with van der Waals surface area (Å²) in [5, 5.41) is 4.80.